The van der Waals surface area contributed by atoms with Gasteiger partial charge in [0.05, 0.1) is 5.56 Å². The van der Waals surface area contributed by atoms with Crippen LogP contribution in [0.5, 0.6) is 0 Å². The number of halogens is 1. The number of aromatic nitrogens is 1. The van der Waals surface area contributed by atoms with Crippen molar-refractivity contribution in [1.29, 1.82) is 0 Å². The van der Waals surface area contributed by atoms with E-state index in [1.807, 2.05) is 13.0 Å². The molecule has 110 valence electrons. The third-order valence-corrected chi connectivity index (χ3v) is 4.28. The second-order valence-corrected chi connectivity index (χ2v) is 5.85. The van der Waals surface area contributed by atoms with Gasteiger partial charge in [-0.25, -0.2) is 4.98 Å². The summed E-state index contributed by atoms with van der Waals surface area (Å²) in [4.78, 5) is 20.4. The Morgan fingerprint density at radius 3 is 2.65 bits per heavy atom. The van der Waals surface area contributed by atoms with Gasteiger partial charge >= 0.3 is 0 Å². The quantitative estimate of drug-likeness (QED) is 0.804. The minimum atomic E-state index is -0.0798. The number of hydrogen-bond donors (Lipinski definition) is 0. The molecule has 0 atom stereocenters. The van der Waals surface area contributed by atoms with E-state index in [1.54, 1.807) is 18.0 Å². The van der Waals surface area contributed by atoms with Gasteiger partial charge in [0.2, 0.25) is 0 Å². The standard InChI is InChI=1S/C15H22ClN3O/c1-4-18(3)15(20)12-5-6-13(17-14(12)16)19-9-7-11(2)8-10-19/h5-6,11H,4,7-10H2,1-3H3. The lowest BCUT2D eigenvalue weighted by molar-refractivity contribution is 0.0802. The van der Waals surface area contributed by atoms with Crippen LogP contribution in [0.15, 0.2) is 12.1 Å². The van der Waals surface area contributed by atoms with Crippen molar-refractivity contribution in [1.82, 2.24) is 9.88 Å². The summed E-state index contributed by atoms with van der Waals surface area (Å²) in [5.41, 5.74) is 0.477. The van der Waals surface area contributed by atoms with Crippen molar-refractivity contribution < 1.29 is 4.79 Å². The lowest BCUT2D eigenvalue weighted by Crippen LogP contribution is -2.33. The zero-order valence-electron chi connectivity index (χ0n) is 12.4. The second-order valence-electron chi connectivity index (χ2n) is 5.50. The Labute approximate surface area is 125 Å². The minimum Gasteiger partial charge on any atom is -0.357 e. The topological polar surface area (TPSA) is 36.4 Å². The zero-order valence-corrected chi connectivity index (χ0v) is 13.2. The zero-order chi connectivity index (χ0) is 14.7. The molecule has 20 heavy (non-hydrogen) atoms. The molecule has 1 aliphatic rings. The van der Waals surface area contributed by atoms with Crippen molar-refractivity contribution in [3.63, 3.8) is 0 Å². The van der Waals surface area contributed by atoms with Gasteiger partial charge in [-0.3, -0.25) is 4.79 Å². The van der Waals surface area contributed by atoms with E-state index >= 15 is 0 Å². The summed E-state index contributed by atoms with van der Waals surface area (Å²) in [6, 6.07) is 3.69. The highest BCUT2D eigenvalue weighted by Gasteiger charge is 2.20. The van der Waals surface area contributed by atoms with Crippen LogP contribution in [0.2, 0.25) is 5.15 Å². The van der Waals surface area contributed by atoms with Gasteiger partial charge in [0.1, 0.15) is 11.0 Å². The summed E-state index contributed by atoms with van der Waals surface area (Å²) in [6.45, 7) is 6.88. The van der Waals surface area contributed by atoms with E-state index in [0.717, 1.165) is 24.8 Å². The maximum Gasteiger partial charge on any atom is 0.256 e. The predicted octanol–water partition coefficient (Wildman–Crippen LogP) is 3.06. The van der Waals surface area contributed by atoms with Gasteiger partial charge < -0.3 is 9.80 Å². The number of piperidine rings is 1. The Morgan fingerprint density at radius 2 is 2.10 bits per heavy atom. The number of anilines is 1. The van der Waals surface area contributed by atoms with Crippen molar-refractivity contribution in [2.24, 2.45) is 5.92 Å². The van der Waals surface area contributed by atoms with E-state index in [1.165, 1.54) is 12.8 Å². The van der Waals surface area contributed by atoms with E-state index in [-0.39, 0.29) is 5.91 Å². The smallest absolute Gasteiger partial charge is 0.256 e. The molecule has 0 aromatic carbocycles. The highest BCUT2D eigenvalue weighted by molar-refractivity contribution is 6.32. The van der Waals surface area contributed by atoms with Crippen LogP contribution in [-0.2, 0) is 0 Å². The first-order chi connectivity index (χ1) is 9.52. The van der Waals surface area contributed by atoms with Gasteiger partial charge in [-0.2, -0.15) is 0 Å². The number of carbonyl (C=O) groups is 1. The molecular weight excluding hydrogens is 274 g/mol. The lowest BCUT2D eigenvalue weighted by atomic mass is 9.99. The maximum absolute atomic E-state index is 12.1. The Bertz CT molecular complexity index is 484. The average Bonchev–Trinajstić information content (AvgIpc) is 2.46. The van der Waals surface area contributed by atoms with Crippen molar-refractivity contribution in [3.8, 4) is 0 Å². The van der Waals surface area contributed by atoms with Gasteiger partial charge in [-0.15, -0.1) is 0 Å². The van der Waals surface area contributed by atoms with Crippen LogP contribution in [0, 0.1) is 5.92 Å². The Hall–Kier alpha value is -1.29. The monoisotopic (exact) mass is 295 g/mol. The highest BCUT2D eigenvalue weighted by atomic mass is 35.5. The van der Waals surface area contributed by atoms with E-state index in [4.69, 9.17) is 11.6 Å². The minimum absolute atomic E-state index is 0.0798. The van der Waals surface area contributed by atoms with Crippen molar-refractivity contribution in [2.45, 2.75) is 26.7 Å². The number of pyridine rings is 1. The Kier molecular flexibility index (Phi) is 4.86. The highest BCUT2D eigenvalue weighted by Crippen LogP contribution is 2.24. The van der Waals surface area contributed by atoms with Crippen LogP contribution >= 0.6 is 11.6 Å². The fourth-order valence-corrected chi connectivity index (χ4v) is 2.58. The number of rotatable bonds is 3. The van der Waals surface area contributed by atoms with Gasteiger partial charge in [-0.05, 0) is 37.8 Å². The first kappa shape index (κ1) is 15.1. The van der Waals surface area contributed by atoms with Crippen LogP contribution in [0.3, 0.4) is 0 Å². The van der Waals surface area contributed by atoms with Crippen molar-refractivity contribution in [2.75, 3.05) is 31.6 Å². The lowest BCUT2D eigenvalue weighted by Gasteiger charge is -2.31. The van der Waals surface area contributed by atoms with Gasteiger partial charge in [0.15, 0.2) is 0 Å². The van der Waals surface area contributed by atoms with Crippen LogP contribution in [0.4, 0.5) is 5.82 Å². The Balaban J connectivity index is 2.15. The second kappa shape index (κ2) is 6.44. The molecule has 2 heterocycles. The molecule has 0 N–H and O–H groups in total. The molecule has 1 fully saturated rings. The maximum atomic E-state index is 12.1. The van der Waals surface area contributed by atoms with Crippen LogP contribution in [0.1, 0.15) is 37.0 Å². The van der Waals surface area contributed by atoms with E-state index in [2.05, 4.69) is 16.8 Å². The average molecular weight is 296 g/mol. The summed E-state index contributed by atoms with van der Waals surface area (Å²) in [5.74, 6) is 1.57. The van der Waals surface area contributed by atoms with Crippen LogP contribution < -0.4 is 4.90 Å². The number of carbonyl (C=O) groups excluding carboxylic acids is 1. The summed E-state index contributed by atoms with van der Waals surface area (Å²) < 4.78 is 0. The molecule has 2 rings (SSSR count). The normalized spacial score (nSPS) is 16.3. The first-order valence-corrected chi connectivity index (χ1v) is 7.57. The van der Waals surface area contributed by atoms with E-state index in [9.17, 15) is 4.79 Å². The molecule has 0 spiro atoms. The van der Waals surface area contributed by atoms with E-state index in [0.29, 0.717) is 17.3 Å². The molecule has 0 aliphatic carbocycles. The van der Waals surface area contributed by atoms with Crippen molar-refractivity contribution >= 4 is 23.3 Å². The third-order valence-electron chi connectivity index (χ3n) is 3.99. The molecule has 0 bridgehead atoms. The summed E-state index contributed by atoms with van der Waals surface area (Å²) >= 11 is 6.19. The van der Waals surface area contributed by atoms with Crippen LogP contribution in [-0.4, -0.2) is 42.5 Å². The van der Waals surface area contributed by atoms with Gasteiger partial charge in [-0.1, -0.05) is 18.5 Å². The molecule has 4 nitrogen and oxygen atoms in total. The molecule has 1 aliphatic heterocycles. The SMILES string of the molecule is CCN(C)C(=O)c1ccc(N2CCC(C)CC2)nc1Cl. The number of hydrogen-bond acceptors (Lipinski definition) is 3. The molecule has 0 radical (unpaired) electrons. The van der Waals surface area contributed by atoms with Gasteiger partial charge in [0, 0.05) is 26.7 Å². The summed E-state index contributed by atoms with van der Waals surface area (Å²) in [6.07, 6.45) is 2.36. The first-order valence-electron chi connectivity index (χ1n) is 7.20. The molecular formula is C15H22ClN3O. The third kappa shape index (κ3) is 3.23. The predicted molar refractivity (Wildman–Crippen MR) is 82.5 cm³/mol. The fourth-order valence-electron chi connectivity index (χ4n) is 2.35. The molecule has 1 aromatic heterocycles. The molecule has 5 heteroatoms. The summed E-state index contributed by atoms with van der Waals surface area (Å²) in [5, 5.41) is 0.298. The largest absolute Gasteiger partial charge is 0.357 e. The van der Waals surface area contributed by atoms with Gasteiger partial charge in [0.25, 0.3) is 5.91 Å². The van der Waals surface area contributed by atoms with E-state index < -0.39 is 0 Å². The Morgan fingerprint density at radius 1 is 1.45 bits per heavy atom. The molecule has 1 amide bonds. The number of amides is 1. The van der Waals surface area contributed by atoms with Crippen molar-refractivity contribution in [3.05, 3.63) is 22.8 Å². The summed E-state index contributed by atoms with van der Waals surface area (Å²) in [7, 11) is 1.76. The molecule has 0 saturated carbocycles. The molecule has 1 saturated heterocycles. The fraction of sp³-hybridized carbons (Fsp3) is 0.600. The number of nitrogens with zero attached hydrogens (tertiary/aromatic N) is 3. The molecule has 0 unspecified atom stereocenters. The van der Waals surface area contributed by atoms with Crippen LogP contribution in [0.25, 0.3) is 0 Å². The molecule has 1 aromatic rings.